The molecule has 0 bridgehead atoms. The Kier molecular flexibility index (Phi) is 4.09. The molecule has 1 aliphatic rings. The smallest absolute Gasteiger partial charge is 0.311 e. The lowest BCUT2D eigenvalue weighted by molar-refractivity contribution is -0.385. The first-order chi connectivity index (χ1) is 7.18. The number of aromatic hydroxyl groups is 1. The molecule has 2 rings (SSSR count). The van der Waals surface area contributed by atoms with E-state index in [0.29, 0.717) is 0 Å². The first-order valence-corrected chi connectivity index (χ1v) is 4.89. The summed E-state index contributed by atoms with van der Waals surface area (Å²) in [7, 11) is 0. The number of nitro groups is 1. The second kappa shape index (κ2) is 5.14. The van der Waals surface area contributed by atoms with E-state index >= 15 is 0 Å². The van der Waals surface area contributed by atoms with Crippen LogP contribution in [0.2, 0.25) is 0 Å². The molecule has 2 N–H and O–H groups in total. The van der Waals surface area contributed by atoms with Gasteiger partial charge in [-0.15, -0.1) is 12.4 Å². The van der Waals surface area contributed by atoms with E-state index in [4.69, 9.17) is 0 Å². The lowest BCUT2D eigenvalue weighted by Gasteiger charge is -2.10. The van der Waals surface area contributed by atoms with E-state index in [1.807, 2.05) is 0 Å². The Morgan fingerprint density at radius 3 is 2.81 bits per heavy atom. The number of rotatable bonds is 2. The van der Waals surface area contributed by atoms with Gasteiger partial charge in [0.2, 0.25) is 0 Å². The van der Waals surface area contributed by atoms with Crippen LogP contribution in [0.15, 0.2) is 18.2 Å². The van der Waals surface area contributed by atoms with Crippen molar-refractivity contribution in [1.29, 1.82) is 0 Å². The minimum absolute atomic E-state index is 0. The quantitative estimate of drug-likeness (QED) is 0.617. The fourth-order valence-electron chi connectivity index (χ4n) is 1.87. The predicted octanol–water partition coefficient (Wildman–Crippen LogP) is 2.15. The van der Waals surface area contributed by atoms with Gasteiger partial charge in [0, 0.05) is 12.1 Å². The number of nitrogens with one attached hydrogen (secondary N) is 1. The van der Waals surface area contributed by atoms with Crippen LogP contribution < -0.4 is 5.32 Å². The molecule has 88 valence electrons. The van der Waals surface area contributed by atoms with Crippen LogP contribution in [0.25, 0.3) is 0 Å². The summed E-state index contributed by atoms with van der Waals surface area (Å²) in [6, 6.07) is 4.74. The van der Waals surface area contributed by atoms with Crippen molar-refractivity contribution in [3.8, 4) is 5.75 Å². The van der Waals surface area contributed by atoms with E-state index < -0.39 is 4.92 Å². The Bertz CT molecular complexity index is 392. The van der Waals surface area contributed by atoms with Gasteiger partial charge in [0.1, 0.15) is 0 Å². The zero-order chi connectivity index (χ0) is 10.8. The van der Waals surface area contributed by atoms with Gasteiger partial charge in [-0.25, -0.2) is 0 Å². The number of phenolic OH excluding ortho intramolecular Hbond substituents is 1. The molecule has 0 spiro atoms. The maximum atomic E-state index is 10.6. The van der Waals surface area contributed by atoms with Gasteiger partial charge in [0.05, 0.1) is 4.92 Å². The van der Waals surface area contributed by atoms with E-state index in [1.165, 1.54) is 12.1 Å². The van der Waals surface area contributed by atoms with Crippen LogP contribution in [0, 0.1) is 10.1 Å². The van der Waals surface area contributed by atoms with Crippen LogP contribution in [0.4, 0.5) is 5.69 Å². The molecular formula is C10H13ClN2O3. The number of hydrogen-bond donors (Lipinski definition) is 2. The normalized spacial score (nSPS) is 19.1. The molecule has 0 aromatic heterocycles. The Morgan fingerprint density at radius 1 is 1.50 bits per heavy atom. The van der Waals surface area contributed by atoms with Gasteiger partial charge in [-0.3, -0.25) is 10.1 Å². The molecular weight excluding hydrogens is 232 g/mol. The van der Waals surface area contributed by atoms with Gasteiger partial charge >= 0.3 is 5.69 Å². The highest BCUT2D eigenvalue weighted by atomic mass is 35.5. The number of hydrogen-bond acceptors (Lipinski definition) is 4. The van der Waals surface area contributed by atoms with Gasteiger partial charge < -0.3 is 10.4 Å². The summed E-state index contributed by atoms with van der Waals surface area (Å²) in [5.74, 6) is -0.276. The summed E-state index contributed by atoms with van der Waals surface area (Å²) in [6.07, 6.45) is 2.07. The Morgan fingerprint density at radius 2 is 2.25 bits per heavy atom. The Hall–Kier alpha value is -1.33. The molecule has 5 nitrogen and oxygen atoms in total. The molecule has 1 aromatic rings. The number of halogens is 1. The Labute approximate surface area is 99.0 Å². The SMILES string of the molecule is Cl.O=[N+]([O-])c1cc([C@H]2CCCN2)ccc1O. The van der Waals surface area contributed by atoms with Crippen molar-refractivity contribution in [1.82, 2.24) is 5.32 Å². The van der Waals surface area contributed by atoms with Crippen molar-refractivity contribution in [3.63, 3.8) is 0 Å². The third kappa shape index (κ3) is 2.43. The maximum absolute atomic E-state index is 10.6. The highest BCUT2D eigenvalue weighted by Crippen LogP contribution is 2.31. The topological polar surface area (TPSA) is 75.4 Å². The van der Waals surface area contributed by atoms with Crippen molar-refractivity contribution < 1.29 is 10.0 Å². The molecule has 16 heavy (non-hydrogen) atoms. The van der Waals surface area contributed by atoms with Crippen molar-refractivity contribution in [2.45, 2.75) is 18.9 Å². The average molecular weight is 245 g/mol. The minimum atomic E-state index is -0.562. The fourth-order valence-corrected chi connectivity index (χ4v) is 1.87. The van der Waals surface area contributed by atoms with E-state index in [-0.39, 0.29) is 29.9 Å². The molecule has 1 atom stereocenters. The van der Waals surface area contributed by atoms with Crippen LogP contribution in [0.1, 0.15) is 24.4 Å². The zero-order valence-corrected chi connectivity index (χ0v) is 9.37. The monoisotopic (exact) mass is 244 g/mol. The second-order valence-electron chi connectivity index (χ2n) is 3.65. The van der Waals surface area contributed by atoms with Gasteiger partial charge in [-0.1, -0.05) is 6.07 Å². The molecule has 0 saturated carbocycles. The molecule has 0 amide bonds. The molecule has 0 unspecified atom stereocenters. The molecule has 1 fully saturated rings. The van der Waals surface area contributed by atoms with Crippen LogP contribution in [0.3, 0.4) is 0 Å². The van der Waals surface area contributed by atoms with Crippen molar-refractivity contribution in [2.75, 3.05) is 6.54 Å². The molecule has 6 heteroatoms. The van der Waals surface area contributed by atoms with Crippen molar-refractivity contribution in [2.24, 2.45) is 0 Å². The Balaban J connectivity index is 0.00000128. The van der Waals surface area contributed by atoms with E-state index in [1.54, 1.807) is 6.07 Å². The predicted molar refractivity (Wildman–Crippen MR) is 62.0 cm³/mol. The van der Waals surface area contributed by atoms with E-state index in [9.17, 15) is 15.2 Å². The standard InChI is InChI=1S/C10H12N2O3.ClH/c13-10-4-3-7(6-9(10)12(14)15)8-2-1-5-11-8;/h3-4,6,8,11,13H,1-2,5H2;1H/t8-;/m1./s1. The number of phenols is 1. The summed E-state index contributed by atoms with van der Waals surface area (Å²) in [4.78, 5) is 10.1. The highest BCUT2D eigenvalue weighted by Gasteiger charge is 2.20. The van der Waals surface area contributed by atoms with Crippen LogP contribution in [0.5, 0.6) is 5.75 Å². The summed E-state index contributed by atoms with van der Waals surface area (Å²) in [6.45, 7) is 0.944. The number of nitrogens with zero attached hydrogens (tertiary/aromatic N) is 1. The van der Waals surface area contributed by atoms with Crippen molar-refractivity contribution >= 4 is 18.1 Å². The number of nitro benzene ring substituents is 1. The third-order valence-corrected chi connectivity index (χ3v) is 2.66. The third-order valence-electron chi connectivity index (χ3n) is 2.66. The largest absolute Gasteiger partial charge is 0.502 e. The molecule has 1 aliphatic heterocycles. The van der Waals surface area contributed by atoms with Crippen LogP contribution in [-0.4, -0.2) is 16.6 Å². The number of benzene rings is 1. The second-order valence-corrected chi connectivity index (χ2v) is 3.65. The summed E-state index contributed by atoms with van der Waals surface area (Å²) in [5.41, 5.74) is 0.651. The molecule has 0 radical (unpaired) electrons. The van der Waals surface area contributed by atoms with Crippen molar-refractivity contribution in [3.05, 3.63) is 33.9 Å². The van der Waals surface area contributed by atoms with Gasteiger partial charge in [-0.05, 0) is 31.0 Å². The fraction of sp³-hybridized carbons (Fsp3) is 0.400. The summed E-state index contributed by atoms with van der Waals surface area (Å²) < 4.78 is 0. The first kappa shape index (κ1) is 12.7. The molecule has 1 heterocycles. The lowest BCUT2D eigenvalue weighted by Crippen LogP contribution is -2.12. The molecule has 1 saturated heterocycles. The summed E-state index contributed by atoms with van der Waals surface area (Å²) in [5, 5.41) is 23.2. The molecule has 0 aliphatic carbocycles. The van der Waals surface area contributed by atoms with Crippen LogP contribution in [-0.2, 0) is 0 Å². The molecule has 1 aromatic carbocycles. The maximum Gasteiger partial charge on any atom is 0.311 e. The van der Waals surface area contributed by atoms with E-state index in [2.05, 4.69) is 5.32 Å². The summed E-state index contributed by atoms with van der Waals surface area (Å²) >= 11 is 0. The average Bonchev–Trinajstić information content (AvgIpc) is 2.71. The first-order valence-electron chi connectivity index (χ1n) is 4.89. The zero-order valence-electron chi connectivity index (χ0n) is 8.55. The van der Waals surface area contributed by atoms with Crippen LogP contribution >= 0.6 is 12.4 Å². The minimum Gasteiger partial charge on any atom is -0.502 e. The lowest BCUT2D eigenvalue weighted by atomic mass is 10.0. The van der Waals surface area contributed by atoms with Gasteiger partial charge in [0.15, 0.2) is 5.75 Å². The van der Waals surface area contributed by atoms with E-state index in [0.717, 1.165) is 24.9 Å². The van der Waals surface area contributed by atoms with Gasteiger partial charge in [0.25, 0.3) is 0 Å². The van der Waals surface area contributed by atoms with Gasteiger partial charge in [-0.2, -0.15) is 0 Å². The highest BCUT2D eigenvalue weighted by molar-refractivity contribution is 5.85.